The van der Waals surface area contributed by atoms with Crippen LogP contribution in [0.3, 0.4) is 0 Å². The number of aliphatic hydroxyl groups excluding tert-OH is 1. The quantitative estimate of drug-likeness (QED) is 0.623. The van der Waals surface area contributed by atoms with Crippen LogP contribution in [0.15, 0.2) is 13.2 Å². The van der Waals surface area contributed by atoms with Gasteiger partial charge in [0.1, 0.15) is 5.78 Å². The lowest BCUT2D eigenvalue weighted by molar-refractivity contribution is -0.123. The van der Waals surface area contributed by atoms with Crippen LogP contribution in [0.25, 0.3) is 0 Å². The van der Waals surface area contributed by atoms with Gasteiger partial charge < -0.3 is 14.6 Å². The second kappa shape index (κ2) is 14.4. The third kappa shape index (κ3) is 13.4. The van der Waals surface area contributed by atoms with E-state index < -0.39 is 0 Å². The number of carbonyl (C=O) groups excluding carboxylic acids is 1. The van der Waals surface area contributed by atoms with E-state index in [1.807, 2.05) is 20.8 Å². The minimum Gasteiger partial charge on any atom is -0.393 e. The highest BCUT2D eigenvalue weighted by molar-refractivity contribution is 5.79. The van der Waals surface area contributed by atoms with Gasteiger partial charge in [0.25, 0.3) is 0 Å². The fourth-order valence-electron chi connectivity index (χ4n) is 1.44. The lowest BCUT2D eigenvalue weighted by atomic mass is 9.97. The summed E-state index contributed by atoms with van der Waals surface area (Å²) in [6, 6.07) is 0. The van der Waals surface area contributed by atoms with E-state index in [1.165, 1.54) is 0 Å². The van der Waals surface area contributed by atoms with Crippen LogP contribution in [-0.4, -0.2) is 36.5 Å². The predicted molar refractivity (Wildman–Crippen MR) is 73.4 cm³/mol. The molecule has 0 atom stereocenters. The van der Waals surface area contributed by atoms with Crippen molar-refractivity contribution < 1.29 is 19.4 Å². The molecule has 1 rings (SSSR count). The molecule has 0 amide bonds. The van der Waals surface area contributed by atoms with Crippen molar-refractivity contribution in [3.8, 4) is 0 Å². The van der Waals surface area contributed by atoms with Gasteiger partial charge in [-0.25, -0.2) is 0 Å². The Morgan fingerprint density at radius 3 is 1.89 bits per heavy atom. The van der Waals surface area contributed by atoms with Crippen molar-refractivity contribution in [2.45, 2.75) is 58.8 Å². The largest absolute Gasteiger partial charge is 0.393 e. The molecule has 1 fully saturated rings. The zero-order valence-electron chi connectivity index (χ0n) is 12.0. The summed E-state index contributed by atoms with van der Waals surface area (Å²) in [5.74, 6) is 0.301. The van der Waals surface area contributed by atoms with E-state index in [-0.39, 0.29) is 12.4 Å². The van der Waals surface area contributed by atoms with Crippen LogP contribution in [0.1, 0.15) is 46.5 Å². The SMILES string of the molecule is C=C.CCOC(C)OCC.O=C1CCC(O)CC1. The summed E-state index contributed by atoms with van der Waals surface area (Å²) in [6.45, 7) is 13.3. The highest BCUT2D eigenvalue weighted by Gasteiger charge is 2.14. The van der Waals surface area contributed by atoms with Crippen LogP contribution in [-0.2, 0) is 14.3 Å². The van der Waals surface area contributed by atoms with Crippen LogP contribution < -0.4 is 0 Å². The number of aliphatic hydroxyl groups is 1. The normalized spacial score (nSPS) is 15.5. The molecule has 0 aromatic carbocycles. The molecule has 0 aromatic heterocycles. The lowest BCUT2D eigenvalue weighted by Gasteiger charge is -2.13. The van der Waals surface area contributed by atoms with Crippen molar-refractivity contribution in [1.29, 1.82) is 0 Å². The van der Waals surface area contributed by atoms with Crippen LogP contribution in [0.5, 0.6) is 0 Å². The van der Waals surface area contributed by atoms with E-state index in [4.69, 9.17) is 14.6 Å². The Kier molecular flexibility index (Phi) is 15.6. The zero-order valence-corrected chi connectivity index (χ0v) is 12.0. The van der Waals surface area contributed by atoms with Gasteiger partial charge >= 0.3 is 0 Å². The topological polar surface area (TPSA) is 55.8 Å². The van der Waals surface area contributed by atoms with E-state index in [1.54, 1.807) is 0 Å². The van der Waals surface area contributed by atoms with Gasteiger partial charge in [-0.05, 0) is 33.6 Å². The number of ether oxygens (including phenoxy) is 2. The second-order valence-corrected chi connectivity index (χ2v) is 3.75. The summed E-state index contributed by atoms with van der Waals surface area (Å²) in [4.78, 5) is 10.5. The Bertz CT molecular complexity index is 178. The molecular formula is C14H28O4. The molecule has 0 saturated heterocycles. The Balaban J connectivity index is 0. The van der Waals surface area contributed by atoms with Crippen molar-refractivity contribution in [1.82, 2.24) is 0 Å². The van der Waals surface area contributed by atoms with Crippen LogP contribution in [0, 0.1) is 0 Å². The Labute approximate surface area is 111 Å². The second-order valence-electron chi connectivity index (χ2n) is 3.75. The summed E-state index contributed by atoms with van der Waals surface area (Å²) in [7, 11) is 0. The van der Waals surface area contributed by atoms with Crippen LogP contribution in [0.4, 0.5) is 0 Å². The molecular weight excluding hydrogens is 232 g/mol. The van der Waals surface area contributed by atoms with Gasteiger partial charge in [-0.2, -0.15) is 0 Å². The molecule has 4 heteroatoms. The van der Waals surface area contributed by atoms with Gasteiger partial charge in [-0.15, -0.1) is 13.2 Å². The molecule has 0 heterocycles. The molecule has 18 heavy (non-hydrogen) atoms. The average molecular weight is 260 g/mol. The van der Waals surface area contributed by atoms with Gasteiger partial charge in [0, 0.05) is 26.1 Å². The monoisotopic (exact) mass is 260 g/mol. The Morgan fingerprint density at radius 1 is 1.22 bits per heavy atom. The van der Waals surface area contributed by atoms with Gasteiger partial charge in [-0.1, -0.05) is 0 Å². The van der Waals surface area contributed by atoms with Crippen molar-refractivity contribution in [2.75, 3.05) is 13.2 Å². The first kappa shape index (κ1) is 19.6. The molecule has 0 aromatic rings. The minimum atomic E-state index is -0.201. The average Bonchev–Trinajstić information content (AvgIpc) is 2.37. The number of hydrogen-bond donors (Lipinski definition) is 1. The summed E-state index contributed by atoms with van der Waals surface area (Å²) in [5.41, 5.74) is 0. The lowest BCUT2D eigenvalue weighted by Crippen LogP contribution is -2.17. The van der Waals surface area contributed by atoms with E-state index >= 15 is 0 Å². The van der Waals surface area contributed by atoms with E-state index in [0.29, 0.717) is 31.5 Å². The third-order valence-corrected chi connectivity index (χ3v) is 2.32. The third-order valence-electron chi connectivity index (χ3n) is 2.32. The minimum absolute atomic E-state index is 0.0370. The summed E-state index contributed by atoms with van der Waals surface area (Å²) < 4.78 is 10.1. The van der Waals surface area contributed by atoms with Crippen molar-refractivity contribution in [3.63, 3.8) is 0 Å². The maximum absolute atomic E-state index is 10.5. The summed E-state index contributed by atoms with van der Waals surface area (Å²) >= 11 is 0. The number of Topliss-reactive ketones (excluding diaryl/α,β-unsaturated/α-hetero) is 1. The van der Waals surface area contributed by atoms with E-state index in [2.05, 4.69) is 13.2 Å². The highest BCUT2D eigenvalue weighted by Crippen LogP contribution is 2.13. The first-order valence-corrected chi connectivity index (χ1v) is 6.53. The molecule has 0 bridgehead atoms. The molecule has 1 saturated carbocycles. The molecule has 4 nitrogen and oxygen atoms in total. The maximum Gasteiger partial charge on any atom is 0.154 e. The van der Waals surface area contributed by atoms with Gasteiger partial charge in [0.2, 0.25) is 0 Å². The predicted octanol–water partition coefficient (Wildman–Crippen LogP) is 2.70. The number of ketones is 1. The van der Waals surface area contributed by atoms with Crippen molar-refractivity contribution >= 4 is 5.78 Å². The van der Waals surface area contributed by atoms with Gasteiger partial charge in [0.15, 0.2) is 6.29 Å². The molecule has 0 spiro atoms. The molecule has 0 unspecified atom stereocenters. The first-order valence-electron chi connectivity index (χ1n) is 6.53. The standard InChI is InChI=1S/C6H10O2.C6H14O2.C2H4/c7-5-1-2-6(8)4-3-5;1-4-7-6(3)8-5-2;1-2/h5,7H,1-4H2;6H,4-5H2,1-3H3;1-2H2. The summed E-state index contributed by atoms with van der Waals surface area (Å²) in [6.07, 6.45) is 2.29. The number of carbonyl (C=O) groups is 1. The molecule has 1 N–H and O–H groups in total. The molecule has 1 aliphatic carbocycles. The number of rotatable bonds is 4. The fourth-order valence-corrected chi connectivity index (χ4v) is 1.44. The number of hydrogen-bond acceptors (Lipinski definition) is 4. The fraction of sp³-hybridized carbons (Fsp3) is 0.786. The van der Waals surface area contributed by atoms with Gasteiger partial charge in [-0.3, -0.25) is 4.79 Å². The smallest absolute Gasteiger partial charge is 0.154 e. The molecule has 108 valence electrons. The molecule has 0 aliphatic heterocycles. The molecule has 0 radical (unpaired) electrons. The van der Waals surface area contributed by atoms with Crippen LogP contribution in [0.2, 0.25) is 0 Å². The van der Waals surface area contributed by atoms with Crippen molar-refractivity contribution in [3.05, 3.63) is 13.2 Å². The maximum atomic E-state index is 10.5. The highest BCUT2D eigenvalue weighted by atomic mass is 16.7. The Hall–Kier alpha value is -0.710. The summed E-state index contributed by atoms with van der Waals surface area (Å²) in [5, 5.41) is 8.87. The molecule has 1 aliphatic rings. The Morgan fingerprint density at radius 2 is 1.61 bits per heavy atom. The van der Waals surface area contributed by atoms with Crippen molar-refractivity contribution in [2.24, 2.45) is 0 Å². The first-order chi connectivity index (χ1) is 8.60. The van der Waals surface area contributed by atoms with Crippen LogP contribution >= 0.6 is 0 Å². The van der Waals surface area contributed by atoms with E-state index in [0.717, 1.165) is 13.2 Å². The zero-order chi connectivity index (χ0) is 14.4. The van der Waals surface area contributed by atoms with E-state index in [9.17, 15) is 4.79 Å². The van der Waals surface area contributed by atoms with Gasteiger partial charge in [0.05, 0.1) is 6.10 Å².